The number of phenols is 2. The van der Waals surface area contributed by atoms with Crippen LogP contribution in [0.1, 0.15) is 21.5 Å². The monoisotopic (exact) mass is 254 g/mol. The largest absolute Gasteiger partial charge is 0.504 e. The predicted octanol–water partition coefficient (Wildman–Crippen LogP) is 2.77. The number of rotatable bonds is 1. The lowest BCUT2D eigenvalue weighted by Crippen LogP contribution is -1.92. The molecule has 0 saturated carbocycles. The first kappa shape index (κ1) is 11.3. The number of carbonyl (C=O) groups is 1. The molecule has 3 rings (SSSR count). The van der Waals surface area contributed by atoms with Crippen LogP contribution in [0.5, 0.6) is 11.5 Å². The molecule has 1 aliphatic rings. The van der Waals surface area contributed by atoms with E-state index in [-0.39, 0.29) is 28.4 Å². The van der Waals surface area contributed by atoms with Crippen molar-refractivity contribution in [1.82, 2.24) is 0 Å². The minimum atomic E-state index is -0.535. The Labute approximate surface area is 109 Å². The van der Waals surface area contributed by atoms with Gasteiger partial charge >= 0.3 is 5.97 Å². The zero-order valence-corrected chi connectivity index (χ0v) is 9.83. The Kier molecular flexibility index (Phi) is 2.49. The van der Waals surface area contributed by atoms with Crippen LogP contribution in [0.2, 0.25) is 0 Å². The molecule has 0 saturated heterocycles. The highest BCUT2D eigenvalue weighted by molar-refractivity contribution is 6.07. The zero-order chi connectivity index (χ0) is 13.4. The third kappa shape index (κ3) is 1.83. The van der Waals surface area contributed by atoms with E-state index in [0.29, 0.717) is 0 Å². The SMILES string of the molecule is O=C1O/C(=C\c2ccccc2)c2c1ccc(O)c2O. The summed E-state index contributed by atoms with van der Waals surface area (Å²) in [4.78, 5) is 11.7. The lowest BCUT2D eigenvalue weighted by Gasteiger charge is -2.03. The Bertz CT molecular complexity index is 687. The molecule has 0 radical (unpaired) electrons. The van der Waals surface area contributed by atoms with Gasteiger partial charge in [-0.15, -0.1) is 0 Å². The standard InChI is InChI=1S/C15H10O4/c16-11-7-6-10-13(14(11)17)12(19-15(10)18)8-9-4-2-1-3-5-9/h1-8,16-17H/b12-8-. The minimum Gasteiger partial charge on any atom is -0.504 e. The molecule has 2 aromatic carbocycles. The van der Waals surface area contributed by atoms with Gasteiger partial charge in [0.15, 0.2) is 11.5 Å². The number of aromatic hydroxyl groups is 2. The Balaban J connectivity index is 2.17. The van der Waals surface area contributed by atoms with E-state index in [4.69, 9.17) is 4.74 Å². The molecular weight excluding hydrogens is 244 g/mol. The number of hydrogen-bond acceptors (Lipinski definition) is 4. The van der Waals surface area contributed by atoms with Gasteiger partial charge in [-0.05, 0) is 23.8 Å². The molecule has 1 aliphatic heterocycles. The van der Waals surface area contributed by atoms with E-state index in [1.165, 1.54) is 12.1 Å². The third-order valence-corrected chi connectivity index (χ3v) is 2.92. The predicted molar refractivity (Wildman–Crippen MR) is 69.5 cm³/mol. The van der Waals surface area contributed by atoms with Crippen molar-refractivity contribution in [2.45, 2.75) is 0 Å². The van der Waals surface area contributed by atoms with Crippen molar-refractivity contribution in [2.75, 3.05) is 0 Å². The molecule has 2 N–H and O–H groups in total. The Morgan fingerprint density at radius 2 is 1.74 bits per heavy atom. The number of ether oxygens (including phenoxy) is 1. The van der Waals surface area contributed by atoms with Crippen LogP contribution in [0.3, 0.4) is 0 Å². The van der Waals surface area contributed by atoms with Crippen molar-refractivity contribution < 1.29 is 19.7 Å². The van der Waals surface area contributed by atoms with Crippen molar-refractivity contribution in [1.29, 1.82) is 0 Å². The fourth-order valence-electron chi connectivity index (χ4n) is 2.01. The van der Waals surface area contributed by atoms with Gasteiger partial charge in [-0.2, -0.15) is 0 Å². The topological polar surface area (TPSA) is 66.8 Å². The number of fused-ring (bicyclic) bond motifs is 1. The van der Waals surface area contributed by atoms with Crippen LogP contribution in [-0.4, -0.2) is 16.2 Å². The van der Waals surface area contributed by atoms with Crippen molar-refractivity contribution >= 4 is 17.8 Å². The number of cyclic esters (lactones) is 1. The molecule has 4 heteroatoms. The maximum atomic E-state index is 11.7. The first-order valence-corrected chi connectivity index (χ1v) is 5.71. The van der Waals surface area contributed by atoms with Gasteiger partial charge < -0.3 is 14.9 Å². The van der Waals surface area contributed by atoms with E-state index in [0.717, 1.165) is 5.56 Å². The lowest BCUT2D eigenvalue weighted by molar-refractivity contribution is 0.0717. The summed E-state index contributed by atoms with van der Waals surface area (Å²) in [7, 11) is 0. The van der Waals surface area contributed by atoms with E-state index < -0.39 is 5.97 Å². The van der Waals surface area contributed by atoms with E-state index in [9.17, 15) is 15.0 Å². The second kappa shape index (κ2) is 4.17. The number of benzene rings is 2. The molecule has 0 spiro atoms. The first-order valence-electron chi connectivity index (χ1n) is 5.71. The van der Waals surface area contributed by atoms with E-state index >= 15 is 0 Å². The summed E-state index contributed by atoms with van der Waals surface area (Å²) >= 11 is 0. The van der Waals surface area contributed by atoms with Crippen molar-refractivity contribution in [2.24, 2.45) is 0 Å². The van der Waals surface area contributed by atoms with Crippen molar-refractivity contribution in [3.8, 4) is 11.5 Å². The number of phenolic OH excluding ortho intramolecular Hbond substituents is 2. The Morgan fingerprint density at radius 3 is 2.47 bits per heavy atom. The molecule has 0 aliphatic carbocycles. The van der Waals surface area contributed by atoms with Crippen LogP contribution < -0.4 is 0 Å². The summed E-state index contributed by atoms with van der Waals surface area (Å²) in [6.45, 7) is 0. The highest BCUT2D eigenvalue weighted by Crippen LogP contribution is 2.41. The van der Waals surface area contributed by atoms with Crippen molar-refractivity contribution in [3.63, 3.8) is 0 Å². The van der Waals surface area contributed by atoms with Gasteiger partial charge in [0.1, 0.15) is 5.76 Å². The summed E-state index contributed by atoms with van der Waals surface area (Å²) < 4.78 is 5.12. The highest BCUT2D eigenvalue weighted by atomic mass is 16.5. The van der Waals surface area contributed by atoms with Crippen LogP contribution >= 0.6 is 0 Å². The highest BCUT2D eigenvalue weighted by Gasteiger charge is 2.30. The molecule has 0 atom stereocenters. The van der Waals surface area contributed by atoms with Crippen LogP contribution in [-0.2, 0) is 4.74 Å². The molecule has 0 fully saturated rings. The summed E-state index contributed by atoms with van der Waals surface area (Å²) in [6, 6.07) is 12.0. The smallest absolute Gasteiger partial charge is 0.344 e. The molecule has 2 aromatic rings. The van der Waals surface area contributed by atoms with E-state index in [2.05, 4.69) is 0 Å². The van der Waals surface area contributed by atoms with Gasteiger partial charge in [-0.3, -0.25) is 0 Å². The third-order valence-electron chi connectivity index (χ3n) is 2.92. The first-order chi connectivity index (χ1) is 9.16. The van der Waals surface area contributed by atoms with E-state index in [1.54, 1.807) is 6.08 Å². The molecule has 0 amide bonds. The minimum absolute atomic E-state index is 0.230. The van der Waals surface area contributed by atoms with Crippen molar-refractivity contribution in [3.05, 3.63) is 59.2 Å². The molecular formula is C15H10O4. The Morgan fingerprint density at radius 1 is 1.00 bits per heavy atom. The summed E-state index contributed by atoms with van der Waals surface area (Å²) in [5.74, 6) is -0.923. The second-order valence-electron chi connectivity index (χ2n) is 4.16. The quantitative estimate of drug-likeness (QED) is 0.606. The number of esters is 1. The van der Waals surface area contributed by atoms with Gasteiger partial charge in [0, 0.05) is 0 Å². The van der Waals surface area contributed by atoms with Crippen LogP contribution in [0.4, 0.5) is 0 Å². The van der Waals surface area contributed by atoms with Crippen LogP contribution in [0.15, 0.2) is 42.5 Å². The molecule has 0 bridgehead atoms. The molecule has 1 heterocycles. The van der Waals surface area contributed by atoms with E-state index in [1.807, 2.05) is 30.3 Å². The summed E-state index contributed by atoms with van der Waals surface area (Å²) in [5, 5.41) is 19.4. The summed E-state index contributed by atoms with van der Waals surface area (Å²) in [6.07, 6.45) is 1.64. The molecule has 0 unspecified atom stereocenters. The second-order valence-corrected chi connectivity index (χ2v) is 4.16. The maximum absolute atomic E-state index is 11.7. The fraction of sp³-hybridized carbons (Fsp3) is 0. The van der Waals surface area contributed by atoms with Gasteiger partial charge in [0.2, 0.25) is 0 Å². The molecule has 4 nitrogen and oxygen atoms in total. The lowest BCUT2D eigenvalue weighted by atomic mass is 10.0. The summed E-state index contributed by atoms with van der Waals surface area (Å²) in [5.41, 5.74) is 1.31. The zero-order valence-electron chi connectivity index (χ0n) is 9.83. The average molecular weight is 254 g/mol. The van der Waals surface area contributed by atoms with Gasteiger partial charge in [0.25, 0.3) is 0 Å². The molecule has 19 heavy (non-hydrogen) atoms. The molecule has 0 aromatic heterocycles. The van der Waals surface area contributed by atoms with Gasteiger partial charge in [-0.25, -0.2) is 4.79 Å². The van der Waals surface area contributed by atoms with Gasteiger partial charge in [0.05, 0.1) is 11.1 Å². The molecule has 94 valence electrons. The average Bonchev–Trinajstić information content (AvgIpc) is 2.72. The normalized spacial score (nSPS) is 15.4. The van der Waals surface area contributed by atoms with Gasteiger partial charge in [-0.1, -0.05) is 30.3 Å². The fourth-order valence-corrected chi connectivity index (χ4v) is 2.01. The Hall–Kier alpha value is -2.75. The van der Waals surface area contributed by atoms with Crippen LogP contribution in [0.25, 0.3) is 11.8 Å². The maximum Gasteiger partial charge on any atom is 0.344 e. The number of carbonyl (C=O) groups excluding carboxylic acids is 1. The van der Waals surface area contributed by atoms with Crippen LogP contribution in [0, 0.1) is 0 Å². The number of hydrogen-bond donors (Lipinski definition) is 2.